The van der Waals surface area contributed by atoms with Crippen LogP contribution in [0.1, 0.15) is 56.0 Å². The summed E-state index contributed by atoms with van der Waals surface area (Å²) in [7, 11) is 0. The topological polar surface area (TPSA) is 49.4 Å². The second-order valence-corrected chi connectivity index (χ2v) is 7.48. The molecule has 1 aliphatic heterocycles. The Labute approximate surface area is 131 Å². The molecule has 4 heteroatoms. The van der Waals surface area contributed by atoms with E-state index in [4.69, 9.17) is 0 Å². The van der Waals surface area contributed by atoms with Gasteiger partial charge in [-0.3, -0.25) is 9.59 Å². The van der Waals surface area contributed by atoms with Gasteiger partial charge in [0.15, 0.2) is 0 Å². The smallest absolute Gasteiger partial charge is 0.251 e. The zero-order chi connectivity index (χ0) is 15.9. The van der Waals surface area contributed by atoms with E-state index in [1.165, 1.54) is 5.56 Å². The summed E-state index contributed by atoms with van der Waals surface area (Å²) in [5.41, 5.74) is 1.95. The van der Waals surface area contributed by atoms with Crippen LogP contribution in [0.4, 0.5) is 0 Å². The average Bonchev–Trinajstić information content (AvgIpc) is 3.22. The van der Waals surface area contributed by atoms with Crippen LogP contribution in [0, 0.1) is 0 Å². The highest BCUT2D eigenvalue weighted by Crippen LogP contribution is 2.30. The van der Waals surface area contributed by atoms with Crippen LogP contribution in [-0.4, -0.2) is 35.3 Å². The molecule has 118 valence electrons. The first-order valence-electron chi connectivity index (χ1n) is 8.05. The van der Waals surface area contributed by atoms with Gasteiger partial charge >= 0.3 is 0 Å². The van der Waals surface area contributed by atoms with Crippen LogP contribution in [-0.2, 0) is 10.2 Å². The van der Waals surface area contributed by atoms with E-state index < -0.39 is 0 Å². The summed E-state index contributed by atoms with van der Waals surface area (Å²) < 4.78 is 0. The maximum atomic E-state index is 12.3. The van der Waals surface area contributed by atoms with Gasteiger partial charge in [-0.15, -0.1) is 0 Å². The quantitative estimate of drug-likeness (QED) is 0.932. The molecular formula is C18H24N2O2. The van der Waals surface area contributed by atoms with Crippen molar-refractivity contribution < 1.29 is 9.59 Å². The van der Waals surface area contributed by atoms with Crippen LogP contribution in [0.3, 0.4) is 0 Å². The van der Waals surface area contributed by atoms with E-state index >= 15 is 0 Å². The van der Waals surface area contributed by atoms with E-state index in [0.717, 1.165) is 12.8 Å². The fourth-order valence-electron chi connectivity index (χ4n) is 2.96. The highest BCUT2D eigenvalue weighted by Gasteiger charge is 2.39. The van der Waals surface area contributed by atoms with Gasteiger partial charge in [-0.1, -0.05) is 32.9 Å². The largest absolute Gasteiger partial charge is 0.347 e. The lowest BCUT2D eigenvalue weighted by atomic mass is 9.86. The number of carbonyl (C=O) groups is 2. The van der Waals surface area contributed by atoms with Gasteiger partial charge in [-0.25, -0.2) is 0 Å². The number of hydrogen-bond acceptors (Lipinski definition) is 2. The SMILES string of the molecule is CC(C)(C)c1ccc(C(=O)NC2CC(=O)N(C3CC3)C2)cc1. The van der Waals surface area contributed by atoms with Gasteiger partial charge in [-0.2, -0.15) is 0 Å². The summed E-state index contributed by atoms with van der Waals surface area (Å²) >= 11 is 0. The molecule has 2 aliphatic rings. The Morgan fingerprint density at radius 1 is 1.18 bits per heavy atom. The van der Waals surface area contributed by atoms with Crippen LogP contribution in [0.25, 0.3) is 0 Å². The van der Waals surface area contributed by atoms with Crippen molar-refractivity contribution in [3.63, 3.8) is 0 Å². The fraction of sp³-hybridized carbons (Fsp3) is 0.556. The number of rotatable bonds is 3. The van der Waals surface area contributed by atoms with Gasteiger partial charge in [0.25, 0.3) is 5.91 Å². The van der Waals surface area contributed by atoms with Gasteiger partial charge in [0.05, 0.1) is 6.04 Å². The zero-order valence-corrected chi connectivity index (χ0v) is 13.6. The molecule has 0 aromatic heterocycles. The molecule has 0 spiro atoms. The third-order valence-corrected chi connectivity index (χ3v) is 4.49. The number of hydrogen-bond donors (Lipinski definition) is 1. The van der Waals surface area contributed by atoms with Gasteiger partial charge < -0.3 is 10.2 Å². The Morgan fingerprint density at radius 2 is 1.82 bits per heavy atom. The van der Waals surface area contributed by atoms with E-state index in [2.05, 4.69) is 26.1 Å². The molecule has 1 aromatic carbocycles. The molecular weight excluding hydrogens is 276 g/mol. The lowest BCUT2D eigenvalue weighted by Crippen LogP contribution is -2.37. The first kappa shape index (κ1) is 15.1. The molecule has 2 amide bonds. The maximum Gasteiger partial charge on any atom is 0.251 e. The fourth-order valence-corrected chi connectivity index (χ4v) is 2.96. The minimum atomic E-state index is -0.0871. The van der Waals surface area contributed by atoms with Gasteiger partial charge in [0.1, 0.15) is 0 Å². The number of benzene rings is 1. The van der Waals surface area contributed by atoms with Gasteiger partial charge in [0, 0.05) is 24.6 Å². The van der Waals surface area contributed by atoms with Crippen molar-refractivity contribution in [2.24, 2.45) is 0 Å². The van der Waals surface area contributed by atoms with Crippen LogP contribution in [0.5, 0.6) is 0 Å². The first-order valence-corrected chi connectivity index (χ1v) is 8.05. The Balaban J connectivity index is 1.61. The minimum absolute atomic E-state index is 0.0529. The number of amides is 2. The predicted octanol–water partition coefficient (Wildman–Crippen LogP) is 2.48. The lowest BCUT2D eigenvalue weighted by Gasteiger charge is -2.19. The number of nitrogens with one attached hydrogen (secondary N) is 1. The molecule has 0 bridgehead atoms. The van der Waals surface area contributed by atoms with Crippen LogP contribution < -0.4 is 5.32 Å². The lowest BCUT2D eigenvalue weighted by molar-refractivity contribution is -0.128. The van der Waals surface area contributed by atoms with Crippen molar-refractivity contribution in [3.8, 4) is 0 Å². The molecule has 22 heavy (non-hydrogen) atoms. The molecule has 0 radical (unpaired) electrons. The monoisotopic (exact) mass is 300 g/mol. The Bertz CT molecular complexity index is 582. The molecule has 1 aliphatic carbocycles. The molecule has 2 fully saturated rings. The van der Waals surface area contributed by atoms with E-state index in [1.54, 1.807) is 0 Å². The second-order valence-electron chi connectivity index (χ2n) is 7.48. The minimum Gasteiger partial charge on any atom is -0.347 e. The van der Waals surface area contributed by atoms with Crippen LogP contribution in [0.15, 0.2) is 24.3 Å². The third-order valence-electron chi connectivity index (χ3n) is 4.49. The summed E-state index contributed by atoms with van der Waals surface area (Å²) in [5, 5.41) is 2.99. The highest BCUT2D eigenvalue weighted by atomic mass is 16.2. The first-order chi connectivity index (χ1) is 10.3. The van der Waals surface area contributed by atoms with E-state index in [0.29, 0.717) is 24.6 Å². The van der Waals surface area contributed by atoms with Crippen molar-refractivity contribution in [1.29, 1.82) is 0 Å². The summed E-state index contributed by atoms with van der Waals surface area (Å²) in [5.74, 6) is 0.0896. The summed E-state index contributed by atoms with van der Waals surface area (Å²) in [4.78, 5) is 26.2. The molecule has 3 rings (SSSR count). The van der Waals surface area contributed by atoms with E-state index in [9.17, 15) is 9.59 Å². The summed E-state index contributed by atoms with van der Waals surface area (Å²) in [6, 6.07) is 8.12. The molecule has 1 aromatic rings. The molecule has 1 heterocycles. The molecule has 1 atom stereocenters. The van der Waals surface area contributed by atoms with E-state index in [1.807, 2.05) is 29.2 Å². The van der Waals surface area contributed by atoms with Crippen molar-refractivity contribution in [2.45, 2.75) is 57.5 Å². The zero-order valence-electron chi connectivity index (χ0n) is 13.6. The van der Waals surface area contributed by atoms with Crippen molar-refractivity contribution in [3.05, 3.63) is 35.4 Å². The molecule has 1 unspecified atom stereocenters. The van der Waals surface area contributed by atoms with Crippen LogP contribution in [0.2, 0.25) is 0 Å². The Kier molecular flexibility index (Phi) is 3.71. The normalized spacial score (nSPS) is 22.0. The predicted molar refractivity (Wildman–Crippen MR) is 85.7 cm³/mol. The third kappa shape index (κ3) is 3.16. The van der Waals surface area contributed by atoms with Gasteiger partial charge in [-0.05, 0) is 36.0 Å². The van der Waals surface area contributed by atoms with Crippen LogP contribution >= 0.6 is 0 Å². The average molecular weight is 300 g/mol. The summed E-state index contributed by atoms with van der Waals surface area (Å²) in [6.07, 6.45) is 2.66. The molecule has 4 nitrogen and oxygen atoms in total. The Morgan fingerprint density at radius 3 is 2.36 bits per heavy atom. The number of likely N-dealkylation sites (tertiary alicyclic amines) is 1. The molecule has 1 saturated carbocycles. The van der Waals surface area contributed by atoms with E-state index in [-0.39, 0.29) is 23.3 Å². The standard InChI is InChI=1S/C18H24N2O2/c1-18(2,3)13-6-4-12(5-7-13)17(22)19-14-10-16(21)20(11-14)15-8-9-15/h4-7,14-15H,8-11H2,1-3H3,(H,19,22). The number of carbonyl (C=O) groups excluding carboxylic acids is 2. The molecule has 1 saturated heterocycles. The van der Waals surface area contributed by atoms with Crippen molar-refractivity contribution in [1.82, 2.24) is 10.2 Å². The number of nitrogens with zero attached hydrogens (tertiary/aromatic N) is 1. The van der Waals surface area contributed by atoms with Crippen molar-refractivity contribution in [2.75, 3.05) is 6.54 Å². The second kappa shape index (κ2) is 5.41. The Hall–Kier alpha value is -1.84. The maximum absolute atomic E-state index is 12.3. The molecule has 1 N–H and O–H groups in total. The summed E-state index contributed by atoms with van der Waals surface area (Å²) in [6.45, 7) is 7.12. The van der Waals surface area contributed by atoms with Crippen molar-refractivity contribution >= 4 is 11.8 Å². The highest BCUT2D eigenvalue weighted by molar-refractivity contribution is 5.95. The van der Waals surface area contributed by atoms with Gasteiger partial charge in [0.2, 0.25) is 5.91 Å².